The van der Waals surface area contributed by atoms with E-state index in [0.29, 0.717) is 5.92 Å². The predicted octanol–water partition coefficient (Wildman–Crippen LogP) is 2.94. The summed E-state index contributed by atoms with van der Waals surface area (Å²) in [6.07, 6.45) is 9.44. The van der Waals surface area contributed by atoms with Crippen molar-refractivity contribution in [2.75, 3.05) is 26.2 Å². The minimum atomic E-state index is 0.153. The van der Waals surface area contributed by atoms with Crippen molar-refractivity contribution < 1.29 is 4.79 Å². The van der Waals surface area contributed by atoms with Crippen LogP contribution >= 0.6 is 0 Å². The molecule has 2 saturated heterocycles. The second kappa shape index (κ2) is 7.52. The van der Waals surface area contributed by atoms with Crippen molar-refractivity contribution in [3.8, 4) is 0 Å². The maximum atomic E-state index is 13.0. The van der Waals surface area contributed by atoms with Crippen LogP contribution in [0.3, 0.4) is 0 Å². The molecule has 2 unspecified atom stereocenters. The number of aromatic amines is 2. The maximum Gasteiger partial charge on any atom is 0.255 e. The van der Waals surface area contributed by atoms with Crippen LogP contribution in [0.4, 0.5) is 0 Å². The summed E-state index contributed by atoms with van der Waals surface area (Å²) in [5.41, 5.74) is 3.45. The van der Waals surface area contributed by atoms with Crippen molar-refractivity contribution >= 4 is 5.91 Å². The number of fused-ring (bicyclic) bond motifs is 1. The molecule has 0 radical (unpaired) electrons. The fourth-order valence-corrected chi connectivity index (χ4v) is 5.21. The third-order valence-corrected chi connectivity index (χ3v) is 6.66. The lowest BCUT2D eigenvalue weighted by Crippen LogP contribution is -2.37. The first-order valence-corrected chi connectivity index (χ1v) is 10.4. The average Bonchev–Trinajstić information content (AvgIpc) is 3.51. The van der Waals surface area contributed by atoms with Gasteiger partial charge in [-0.3, -0.25) is 9.69 Å². The second-order valence-corrected chi connectivity index (χ2v) is 8.58. The van der Waals surface area contributed by atoms with Crippen LogP contribution in [0.1, 0.15) is 28.0 Å². The van der Waals surface area contributed by atoms with E-state index in [4.69, 9.17) is 0 Å². The normalized spacial score (nSPS) is 24.1. The lowest BCUT2D eigenvalue weighted by atomic mass is 9.76. The highest BCUT2D eigenvalue weighted by Gasteiger charge is 2.52. The van der Waals surface area contributed by atoms with Crippen LogP contribution in [-0.4, -0.2) is 56.8 Å². The number of hydrogen-bond acceptors (Lipinski definition) is 3. The second-order valence-electron chi connectivity index (χ2n) is 8.58. The Bertz CT molecular complexity index is 937. The molecule has 29 heavy (non-hydrogen) atoms. The third kappa shape index (κ3) is 3.60. The number of aryl methyl sites for hydroxylation is 1. The summed E-state index contributed by atoms with van der Waals surface area (Å²) in [5.74, 6) is 0.664. The molecule has 2 N–H and O–H groups in total. The number of carbonyl (C=O) groups excluding carboxylic acids is 1. The number of likely N-dealkylation sites (tertiary alicyclic amines) is 2. The number of rotatable bonds is 6. The molecule has 0 saturated carbocycles. The molecule has 6 heteroatoms. The van der Waals surface area contributed by atoms with Gasteiger partial charge in [0.25, 0.3) is 5.91 Å². The highest BCUT2D eigenvalue weighted by Crippen LogP contribution is 2.46. The number of imidazole rings is 1. The van der Waals surface area contributed by atoms with Gasteiger partial charge in [-0.25, -0.2) is 4.98 Å². The fraction of sp³-hybridized carbons (Fsp3) is 0.391. The summed E-state index contributed by atoms with van der Waals surface area (Å²) < 4.78 is 0. The Morgan fingerprint density at radius 3 is 2.83 bits per heavy atom. The average molecular weight is 390 g/mol. The van der Waals surface area contributed by atoms with Crippen molar-refractivity contribution in [3.05, 3.63) is 78.1 Å². The molecule has 2 fully saturated rings. The van der Waals surface area contributed by atoms with Crippen molar-refractivity contribution in [1.29, 1.82) is 0 Å². The van der Waals surface area contributed by atoms with Gasteiger partial charge in [-0.2, -0.15) is 0 Å². The molecule has 2 aliphatic rings. The predicted molar refractivity (Wildman–Crippen MR) is 111 cm³/mol. The van der Waals surface area contributed by atoms with Crippen molar-refractivity contribution in [2.45, 2.75) is 19.4 Å². The van der Waals surface area contributed by atoms with Gasteiger partial charge >= 0.3 is 0 Å². The van der Waals surface area contributed by atoms with E-state index in [2.05, 4.69) is 55.1 Å². The standard InChI is InChI=1S/C23H27N5O/c29-22(19-7-9-24-10-19)28-13-20-12-27(14-21-11-25-17-26-21)15-23(20,16-28)8-6-18-4-2-1-3-5-18/h1-5,7,9-11,17,20,24H,6,8,12-16H2,(H,25,26). The van der Waals surface area contributed by atoms with Gasteiger partial charge in [-0.15, -0.1) is 0 Å². The summed E-state index contributed by atoms with van der Waals surface area (Å²) in [6.45, 7) is 4.65. The first-order chi connectivity index (χ1) is 14.2. The van der Waals surface area contributed by atoms with Crippen LogP contribution in [0.2, 0.25) is 0 Å². The van der Waals surface area contributed by atoms with Crippen molar-refractivity contribution in [3.63, 3.8) is 0 Å². The van der Waals surface area contributed by atoms with Gasteiger partial charge in [0.05, 0.1) is 11.9 Å². The number of benzene rings is 1. The largest absolute Gasteiger partial charge is 0.367 e. The topological polar surface area (TPSA) is 68.0 Å². The molecule has 150 valence electrons. The van der Waals surface area contributed by atoms with Gasteiger partial charge in [0.1, 0.15) is 0 Å². The Hall–Kier alpha value is -2.86. The van der Waals surface area contributed by atoms with Gasteiger partial charge in [0.2, 0.25) is 0 Å². The number of amides is 1. The minimum Gasteiger partial charge on any atom is -0.367 e. The molecule has 2 aromatic heterocycles. The van der Waals surface area contributed by atoms with E-state index in [1.165, 1.54) is 5.56 Å². The third-order valence-electron chi connectivity index (χ3n) is 6.66. The summed E-state index contributed by atoms with van der Waals surface area (Å²) in [6, 6.07) is 12.6. The number of nitrogens with one attached hydrogen (secondary N) is 2. The van der Waals surface area contributed by atoms with Gasteiger partial charge in [-0.05, 0) is 30.4 Å². The molecule has 2 aliphatic heterocycles. The molecule has 0 aliphatic carbocycles. The minimum absolute atomic E-state index is 0.153. The van der Waals surface area contributed by atoms with Crippen molar-refractivity contribution in [1.82, 2.24) is 24.8 Å². The summed E-state index contributed by atoms with van der Waals surface area (Å²) in [4.78, 5) is 28.0. The number of aromatic nitrogens is 3. The zero-order chi connectivity index (χ0) is 19.7. The first kappa shape index (κ1) is 18.2. The maximum absolute atomic E-state index is 13.0. The zero-order valence-corrected chi connectivity index (χ0v) is 16.6. The highest BCUT2D eigenvalue weighted by atomic mass is 16.2. The quantitative estimate of drug-likeness (QED) is 0.681. The molecule has 5 rings (SSSR count). The lowest BCUT2D eigenvalue weighted by Gasteiger charge is -2.29. The van der Waals surface area contributed by atoms with Crippen LogP contribution in [0, 0.1) is 11.3 Å². The molecule has 0 bridgehead atoms. The SMILES string of the molecule is O=C(c1cc[nH]c1)N1CC2CN(Cc3cnc[nH]3)CC2(CCc2ccccc2)C1. The fourth-order valence-electron chi connectivity index (χ4n) is 5.21. The van der Waals surface area contributed by atoms with Crippen LogP contribution < -0.4 is 0 Å². The molecular formula is C23H27N5O. The van der Waals surface area contributed by atoms with E-state index in [1.807, 2.05) is 18.5 Å². The molecule has 4 heterocycles. The van der Waals surface area contributed by atoms with Gasteiger partial charge in [0, 0.05) is 62.4 Å². The zero-order valence-electron chi connectivity index (χ0n) is 16.6. The van der Waals surface area contributed by atoms with Crippen LogP contribution in [0.5, 0.6) is 0 Å². The van der Waals surface area contributed by atoms with Crippen molar-refractivity contribution in [2.24, 2.45) is 11.3 Å². The molecule has 1 aromatic carbocycles. The molecule has 0 spiro atoms. The van der Waals surface area contributed by atoms with Crippen LogP contribution in [0.15, 0.2) is 61.3 Å². The molecule has 6 nitrogen and oxygen atoms in total. The van der Waals surface area contributed by atoms with Gasteiger partial charge in [-0.1, -0.05) is 30.3 Å². The smallest absolute Gasteiger partial charge is 0.255 e. The Morgan fingerprint density at radius 1 is 1.17 bits per heavy atom. The van der Waals surface area contributed by atoms with E-state index >= 15 is 0 Å². The Balaban J connectivity index is 1.34. The number of nitrogens with zero attached hydrogens (tertiary/aromatic N) is 3. The molecule has 2 atom stereocenters. The Labute approximate surface area is 171 Å². The van der Waals surface area contributed by atoms with E-state index in [1.54, 1.807) is 12.5 Å². The number of hydrogen-bond donors (Lipinski definition) is 2. The molecular weight excluding hydrogens is 362 g/mol. The Morgan fingerprint density at radius 2 is 2.07 bits per heavy atom. The lowest BCUT2D eigenvalue weighted by molar-refractivity contribution is 0.0755. The van der Waals surface area contributed by atoms with Gasteiger partial charge < -0.3 is 14.9 Å². The monoisotopic (exact) mass is 389 g/mol. The van der Waals surface area contributed by atoms with E-state index < -0.39 is 0 Å². The van der Waals surface area contributed by atoms with Crippen LogP contribution in [0.25, 0.3) is 0 Å². The van der Waals surface area contributed by atoms with E-state index in [-0.39, 0.29) is 11.3 Å². The highest BCUT2D eigenvalue weighted by molar-refractivity contribution is 5.94. The first-order valence-electron chi connectivity index (χ1n) is 10.4. The summed E-state index contributed by atoms with van der Waals surface area (Å²) in [5, 5.41) is 0. The van der Waals surface area contributed by atoms with E-state index in [9.17, 15) is 4.79 Å². The molecule has 1 amide bonds. The van der Waals surface area contributed by atoms with Crippen LogP contribution in [-0.2, 0) is 13.0 Å². The van der Waals surface area contributed by atoms with Gasteiger partial charge in [0.15, 0.2) is 0 Å². The summed E-state index contributed by atoms with van der Waals surface area (Å²) >= 11 is 0. The molecule has 3 aromatic rings. The number of H-pyrrole nitrogens is 2. The number of carbonyl (C=O) groups is 1. The Kier molecular flexibility index (Phi) is 4.72. The van der Waals surface area contributed by atoms with E-state index in [0.717, 1.165) is 56.8 Å². The summed E-state index contributed by atoms with van der Waals surface area (Å²) in [7, 11) is 0.